The van der Waals surface area contributed by atoms with Crippen LogP contribution in [-0.4, -0.2) is 42.0 Å². The summed E-state index contributed by atoms with van der Waals surface area (Å²) in [5, 5.41) is 8.55. The van der Waals surface area contributed by atoms with Crippen LogP contribution in [0.25, 0.3) is 10.8 Å². The summed E-state index contributed by atoms with van der Waals surface area (Å²) < 4.78 is 39.7. The number of benzene rings is 2. The summed E-state index contributed by atoms with van der Waals surface area (Å²) in [5.74, 6) is 0. The van der Waals surface area contributed by atoms with Crippen molar-refractivity contribution in [1.29, 1.82) is 0 Å². The normalized spacial score (nSPS) is 16.9. The molecule has 1 atom stereocenters. The molecule has 1 unspecified atom stereocenters. The zero-order valence-corrected chi connectivity index (χ0v) is 18.2. The number of hydrogen-bond donors (Lipinski definition) is 2. The second-order valence-electron chi connectivity index (χ2n) is 8.43. The summed E-state index contributed by atoms with van der Waals surface area (Å²) in [4.78, 5) is 16.7. The van der Waals surface area contributed by atoms with E-state index in [1.807, 2.05) is 12.1 Å². The van der Waals surface area contributed by atoms with Crippen LogP contribution in [0, 0.1) is 0 Å². The molecule has 33 heavy (non-hydrogen) atoms. The Morgan fingerprint density at radius 2 is 1.94 bits per heavy atom. The summed E-state index contributed by atoms with van der Waals surface area (Å²) in [6.07, 6.45) is -1.66. The molecule has 1 fully saturated rings. The molecule has 0 aliphatic carbocycles. The molecule has 2 N–H and O–H groups in total. The van der Waals surface area contributed by atoms with Crippen LogP contribution < -0.4 is 10.6 Å². The Morgan fingerprint density at radius 1 is 1.12 bits per heavy atom. The summed E-state index contributed by atoms with van der Waals surface area (Å²) >= 11 is 0. The zero-order valence-electron chi connectivity index (χ0n) is 18.2. The number of carbonyl (C=O) groups is 1. The number of fused-ring (bicyclic) bond motifs is 1. The highest BCUT2D eigenvalue weighted by Gasteiger charge is 2.32. The maximum absolute atomic E-state index is 13.2. The number of hydrogen-bond acceptors (Lipinski definition) is 4. The highest BCUT2D eigenvalue weighted by atomic mass is 19.4. The zero-order chi connectivity index (χ0) is 23.3. The lowest BCUT2D eigenvalue weighted by molar-refractivity contribution is -0.137. The van der Waals surface area contributed by atoms with Crippen LogP contribution in [0.15, 0.2) is 54.7 Å². The number of halogens is 3. The smallest absolute Gasteiger partial charge is 0.358 e. The van der Waals surface area contributed by atoms with Gasteiger partial charge in [-0.1, -0.05) is 36.4 Å². The number of rotatable bonds is 9. The fourth-order valence-corrected chi connectivity index (χ4v) is 4.30. The number of carbonyl (C=O) groups excluding carboxylic acids is 1. The van der Waals surface area contributed by atoms with Gasteiger partial charge in [0.1, 0.15) is 0 Å². The maximum atomic E-state index is 13.2. The van der Waals surface area contributed by atoms with E-state index in [9.17, 15) is 18.0 Å². The molecular weight excluding hydrogens is 429 g/mol. The summed E-state index contributed by atoms with van der Waals surface area (Å²) in [5.41, 5.74) is 1.62. The van der Waals surface area contributed by atoms with Gasteiger partial charge in [0.2, 0.25) is 6.41 Å². The van der Waals surface area contributed by atoms with Crippen molar-refractivity contribution in [2.24, 2.45) is 0 Å². The van der Waals surface area contributed by atoms with Crippen molar-refractivity contribution in [1.82, 2.24) is 20.5 Å². The Balaban J connectivity index is 1.37. The van der Waals surface area contributed by atoms with Gasteiger partial charge >= 0.3 is 6.18 Å². The van der Waals surface area contributed by atoms with E-state index in [0.717, 1.165) is 32.3 Å². The van der Waals surface area contributed by atoms with Crippen LogP contribution in [0.1, 0.15) is 28.8 Å². The first-order valence-electron chi connectivity index (χ1n) is 11.1. The number of alkyl halides is 3. The fourth-order valence-electron chi connectivity index (χ4n) is 4.30. The molecule has 1 aliphatic heterocycles. The fraction of sp³-hybridized carbons (Fsp3) is 0.360. The molecule has 5 nitrogen and oxygen atoms in total. The van der Waals surface area contributed by atoms with Crippen LogP contribution >= 0.6 is 0 Å². The minimum Gasteiger partial charge on any atom is -0.358 e. The van der Waals surface area contributed by atoms with E-state index in [4.69, 9.17) is 0 Å². The van der Waals surface area contributed by atoms with Gasteiger partial charge in [-0.2, -0.15) is 13.2 Å². The Morgan fingerprint density at radius 3 is 2.73 bits per heavy atom. The largest absolute Gasteiger partial charge is 0.417 e. The van der Waals surface area contributed by atoms with Crippen molar-refractivity contribution in [2.75, 3.05) is 19.6 Å². The molecule has 0 radical (unpaired) electrons. The molecule has 174 valence electrons. The lowest BCUT2D eigenvalue weighted by atomic mass is 10.1. The van der Waals surface area contributed by atoms with E-state index in [1.54, 1.807) is 0 Å². The van der Waals surface area contributed by atoms with Gasteiger partial charge in [-0.25, -0.2) is 0 Å². The quantitative estimate of drug-likeness (QED) is 0.379. The third-order valence-corrected chi connectivity index (χ3v) is 6.05. The number of pyridine rings is 1. The van der Waals surface area contributed by atoms with Gasteiger partial charge in [0.15, 0.2) is 0 Å². The number of nitrogens with one attached hydrogen (secondary N) is 2. The van der Waals surface area contributed by atoms with Crippen LogP contribution in [0.5, 0.6) is 0 Å². The van der Waals surface area contributed by atoms with Gasteiger partial charge in [-0.3, -0.25) is 14.7 Å². The number of amides is 1. The standard InChI is InChI=1S/C25H27F3N4O/c26-25(27,28)22-12-21(24(31-14-22)7-9-29-17-33)15-32-10-8-23(16-32)30-13-18-5-6-19-3-1-2-4-20(19)11-18/h1-6,11-12,14,17,23,30H,7-10,13,15-16H2,(H,29,33). The van der Waals surface area contributed by atoms with E-state index >= 15 is 0 Å². The number of nitrogens with zero attached hydrogens (tertiary/aromatic N) is 2. The Bertz CT molecular complexity index is 1100. The topological polar surface area (TPSA) is 57.3 Å². The first-order chi connectivity index (χ1) is 15.9. The van der Waals surface area contributed by atoms with E-state index in [1.165, 1.54) is 22.4 Å². The van der Waals surface area contributed by atoms with Crippen LogP contribution in [0.4, 0.5) is 13.2 Å². The van der Waals surface area contributed by atoms with Gasteiger partial charge in [0, 0.05) is 57.1 Å². The minimum atomic E-state index is -4.43. The van der Waals surface area contributed by atoms with Gasteiger partial charge < -0.3 is 10.6 Å². The molecule has 1 aliphatic rings. The predicted molar refractivity (Wildman–Crippen MR) is 121 cm³/mol. The molecule has 1 aromatic heterocycles. The average Bonchev–Trinajstić information content (AvgIpc) is 3.25. The summed E-state index contributed by atoms with van der Waals surface area (Å²) in [7, 11) is 0. The molecule has 2 aromatic carbocycles. The first-order valence-corrected chi connectivity index (χ1v) is 11.1. The molecule has 0 spiro atoms. The van der Waals surface area contributed by atoms with Gasteiger partial charge in [-0.05, 0) is 40.5 Å². The van der Waals surface area contributed by atoms with Crippen molar-refractivity contribution in [2.45, 2.75) is 38.1 Å². The average molecular weight is 457 g/mol. The first kappa shape index (κ1) is 23.2. The van der Waals surface area contributed by atoms with Crippen molar-refractivity contribution in [3.63, 3.8) is 0 Å². The minimum absolute atomic E-state index is 0.274. The molecule has 3 aromatic rings. The molecule has 2 heterocycles. The highest BCUT2D eigenvalue weighted by Crippen LogP contribution is 2.30. The molecule has 1 amide bonds. The second kappa shape index (κ2) is 10.3. The number of likely N-dealkylation sites (tertiary alicyclic amines) is 1. The van der Waals surface area contributed by atoms with Crippen LogP contribution in [-0.2, 0) is 30.5 Å². The van der Waals surface area contributed by atoms with Gasteiger partial charge in [0.05, 0.1) is 5.56 Å². The predicted octanol–water partition coefficient (Wildman–Crippen LogP) is 3.91. The third-order valence-electron chi connectivity index (χ3n) is 6.05. The van der Waals surface area contributed by atoms with Gasteiger partial charge in [0.25, 0.3) is 0 Å². The van der Waals surface area contributed by atoms with Crippen molar-refractivity contribution < 1.29 is 18.0 Å². The molecular formula is C25H27F3N4O. The van der Waals surface area contributed by atoms with Crippen LogP contribution in [0.2, 0.25) is 0 Å². The van der Waals surface area contributed by atoms with E-state index in [-0.39, 0.29) is 6.04 Å². The lowest BCUT2D eigenvalue weighted by Crippen LogP contribution is -2.32. The molecule has 1 saturated heterocycles. The number of aromatic nitrogens is 1. The second-order valence-corrected chi connectivity index (χ2v) is 8.43. The molecule has 4 rings (SSSR count). The SMILES string of the molecule is O=CNCCc1ncc(C(F)(F)F)cc1CN1CCC(NCc2ccc3ccccc3c2)C1. The van der Waals surface area contributed by atoms with E-state index in [2.05, 4.69) is 50.8 Å². The van der Waals surface area contributed by atoms with E-state index < -0.39 is 11.7 Å². The highest BCUT2D eigenvalue weighted by molar-refractivity contribution is 5.82. The summed E-state index contributed by atoms with van der Waals surface area (Å²) in [6, 6.07) is 16.1. The van der Waals surface area contributed by atoms with E-state index in [0.29, 0.717) is 37.2 Å². The van der Waals surface area contributed by atoms with Crippen molar-refractivity contribution >= 4 is 17.2 Å². The van der Waals surface area contributed by atoms with Crippen molar-refractivity contribution in [3.8, 4) is 0 Å². The molecule has 0 saturated carbocycles. The monoisotopic (exact) mass is 456 g/mol. The Kier molecular flexibility index (Phi) is 7.25. The van der Waals surface area contributed by atoms with Crippen molar-refractivity contribution in [3.05, 3.63) is 77.1 Å². The third kappa shape index (κ3) is 6.09. The molecule has 8 heteroatoms. The molecule has 0 bridgehead atoms. The Hall–Kier alpha value is -2.97. The lowest BCUT2D eigenvalue weighted by Gasteiger charge is -2.20. The summed E-state index contributed by atoms with van der Waals surface area (Å²) in [6.45, 7) is 3.05. The Labute approximate surface area is 191 Å². The maximum Gasteiger partial charge on any atom is 0.417 e. The van der Waals surface area contributed by atoms with Crippen LogP contribution in [0.3, 0.4) is 0 Å². The van der Waals surface area contributed by atoms with Gasteiger partial charge in [-0.15, -0.1) is 0 Å².